The molecule has 2 aliphatic rings. The van der Waals surface area contributed by atoms with E-state index in [0.717, 1.165) is 32.1 Å². The first-order valence-corrected chi connectivity index (χ1v) is 6.86. The number of halogens is 1. The molecule has 0 aliphatic carbocycles. The first-order valence-electron chi connectivity index (χ1n) is 5.95. The second-order valence-electron chi connectivity index (χ2n) is 4.54. The topological polar surface area (TPSA) is 49.5 Å². The van der Waals surface area contributed by atoms with Crippen molar-refractivity contribution in [2.75, 3.05) is 6.61 Å². The number of amides is 1. The molecule has 0 radical (unpaired) electrons. The van der Waals surface area contributed by atoms with Crippen LogP contribution in [0.25, 0.3) is 0 Å². The highest BCUT2D eigenvalue weighted by Crippen LogP contribution is 2.49. The number of alkyl halides is 1. The van der Waals surface area contributed by atoms with E-state index >= 15 is 0 Å². The Bertz CT molecular complexity index is 286. The molecule has 0 spiro atoms. The van der Waals surface area contributed by atoms with Gasteiger partial charge in [0.1, 0.15) is 0 Å². The molecule has 0 saturated carbocycles. The molecule has 3 atom stereocenters. The Hall–Kier alpha value is -0.290. The Morgan fingerprint density at radius 1 is 1.69 bits per heavy atom. The molecule has 2 fully saturated rings. The van der Waals surface area contributed by atoms with Crippen molar-refractivity contribution in [1.82, 2.24) is 4.90 Å². The molecule has 2 unspecified atom stereocenters. The van der Waals surface area contributed by atoms with Gasteiger partial charge >= 0.3 is 6.09 Å². The van der Waals surface area contributed by atoms with Crippen LogP contribution in [0.3, 0.4) is 0 Å². The number of ether oxygens (including phenoxy) is 1. The summed E-state index contributed by atoms with van der Waals surface area (Å²) in [6.45, 7) is 2.58. The fraction of sp³-hybridized carbons (Fsp3) is 0.909. The summed E-state index contributed by atoms with van der Waals surface area (Å²) in [6, 6.07) is -0.0419. The maximum atomic E-state index is 11.4. The number of hydrogen-bond donors (Lipinski definition) is 1. The van der Waals surface area contributed by atoms with E-state index in [-0.39, 0.29) is 17.0 Å². The monoisotopic (exact) mass is 291 g/mol. The molecule has 2 heterocycles. The van der Waals surface area contributed by atoms with E-state index in [2.05, 4.69) is 22.9 Å². The van der Waals surface area contributed by atoms with Crippen molar-refractivity contribution in [3.8, 4) is 0 Å². The van der Waals surface area contributed by atoms with Crippen molar-refractivity contribution in [2.24, 2.45) is 0 Å². The molecule has 0 aromatic carbocycles. The highest BCUT2D eigenvalue weighted by atomic mass is 79.9. The second kappa shape index (κ2) is 4.53. The number of fused-ring (bicyclic) bond motifs is 1. The van der Waals surface area contributed by atoms with Crippen LogP contribution in [0.15, 0.2) is 0 Å². The van der Waals surface area contributed by atoms with Gasteiger partial charge in [0.15, 0.2) is 5.72 Å². The molecular weight excluding hydrogens is 274 g/mol. The van der Waals surface area contributed by atoms with Crippen molar-refractivity contribution in [3.63, 3.8) is 0 Å². The van der Waals surface area contributed by atoms with Crippen molar-refractivity contribution in [1.29, 1.82) is 0 Å². The van der Waals surface area contributed by atoms with Crippen molar-refractivity contribution in [3.05, 3.63) is 0 Å². The minimum atomic E-state index is -0.999. The molecular formula is C11H18BrNO3. The van der Waals surface area contributed by atoms with E-state index in [4.69, 9.17) is 4.74 Å². The van der Waals surface area contributed by atoms with Crippen molar-refractivity contribution in [2.45, 2.75) is 55.6 Å². The van der Waals surface area contributed by atoms with E-state index in [9.17, 15) is 9.90 Å². The average molecular weight is 292 g/mol. The van der Waals surface area contributed by atoms with E-state index in [1.54, 1.807) is 0 Å². The Labute approximate surface area is 104 Å². The Morgan fingerprint density at radius 2 is 2.44 bits per heavy atom. The molecule has 4 nitrogen and oxygen atoms in total. The first kappa shape index (κ1) is 12.2. The number of carbonyl (C=O) groups is 1. The largest absolute Gasteiger partial charge is 0.449 e. The summed E-state index contributed by atoms with van der Waals surface area (Å²) in [6.07, 6.45) is 4.65. The van der Waals surface area contributed by atoms with Gasteiger partial charge in [0.05, 0.1) is 17.5 Å². The van der Waals surface area contributed by atoms with Gasteiger partial charge in [-0.05, 0) is 6.42 Å². The summed E-state index contributed by atoms with van der Waals surface area (Å²) < 4.78 is 4.91. The number of unbranched alkanes of at least 4 members (excludes halogenated alkanes) is 2. The Kier molecular flexibility index (Phi) is 3.45. The Morgan fingerprint density at radius 3 is 3.06 bits per heavy atom. The lowest BCUT2D eigenvalue weighted by atomic mass is 10.1. The number of cyclic esters (lactones) is 1. The van der Waals surface area contributed by atoms with Gasteiger partial charge in [0, 0.05) is 6.42 Å². The number of nitrogens with zero attached hydrogens (tertiary/aromatic N) is 1. The number of hydrogen-bond acceptors (Lipinski definition) is 3. The molecule has 16 heavy (non-hydrogen) atoms. The normalized spacial score (nSPS) is 34.3. The summed E-state index contributed by atoms with van der Waals surface area (Å²) in [5.41, 5.74) is -0.999. The van der Waals surface area contributed by atoms with E-state index in [1.807, 2.05) is 0 Å². The van der Waals surface area contributed by atoms with Crippen LogP contribution in [-0.2, 0) is 4.74 Å². The predicted octanol–water partition coefficient (Wildman–Crippen LogP) is 2.24. The third-order valence-corrected chi connectivity index (χ3v) is 4.59. The first-order chi connectivity index (χ1) is 7.62. The van der Waals surface area contributed by atoms with Crippen LogP contribution in [0.2, 0.25) is 0 Å². The summed E-state index contributed by atoms with van der Waals surface area (Å²) in [5.74, 6) is 0. The lowest BCUT2D eigenvalue weighted by Gasteiger charge is -2.16. The van der Waals surface area contributed by atoms with Gasteiger partial charge in [0.25, 0.3) is 0 Å². The molecule has 1 N–H and O–H groups in total. The van der Waals surface area contributed by atoms with E-state index in [0.29, 0.717) is 6.61 Å². The lowest BCUT2D eigenvalue weighted by molar-refractivity contribution is 0.0678. The maximum absolute atomic E-state index is 11.4. The van der Waals surface area contributed by atoms with E-state index < -0.39 is 5.72 Å². The van der Waals surface area contributed by atoms with Gasteiger partial charge < -0.3 is 9.84 Å². The van der Waals surface area contributed by atoms with Gasteiger partial charge in [-0.15, -0.1) is 0 Å². The fourth-order valence-corrected chi connectivity index (χ4v) is 3.29. The summed E-state index contributed by atoms with van der Waals surface area (Å²) >= 11 is 3.51. The van der Waals surface area contributed by atoms with Crippen LogP contribution in [-0.4, -0.2) is 39.3 Å². The standard InChI is InChI=1S/C11H18BrNO3/c1-2-3-4-5-8(12)11(15)9-6-7-16-10(14)13(9)11/h8-9,15H,2-7H2,1H3/t8-,9?,11?,13?/m1/s1. The quantitative estimate of drug-likeness (QED) is 0.480. The molecule has 0 bridgehead atoms. The van der Waals surface area contributed by atoms with Crippen LogP contribution in [0, 0.1) is 0 Å². The zero-order valence-electron chi connectivity index (χ0n) is 9.49. The zero-order valence-corrected chi connectivity index (χ0v) is 11.1. The summed E-state index contributed by atoms with van der Waals surface area (Å²) in [4.78, 5) is 12.8. The molecule has 1 amide bonds. The molecule has 5 heteroatoms. The summed E-state index contributed by atoms with van der Waals surface area (Å²) in [7, 11) is 0. The highest BCUT2D eigenvalue weighted by Gasteiger charge is 2.69. The number of aliphatic hydroxyl groups is 1. The highest BCUT2D eigenvalue weighted by molar-refractivity contribution is 9.09. The van der Waals surface area contributed by atoms with Gasteiger partial charge in [-0.2, -0.15) is 0 Å². The van der Waals surface area contributed by atoms with E-state index in [1.165, 1.54) is 4.90 Å². The Balaban J connectivity index is 1.91. The van der Waals surface area contributed by atoms with Gasteiger partial charge in [0.2, 0.25) is 0 Å². The minimum Gasteiger partial charge on any atom is -0.449 e. The lowest BCUT2D eigenvalue weighted by Crippen LogP contribution is -2.32. The van der Waals surface area contributed by atoms with Crippen LogP contribution >= 0.6 is 15.9 Å². The van der Waals surface area contributed by atoms with Gasteiger partial charge in [-0.3, -0.25) is 4.90 Å². The minimum absolute atomic E-state index is 0.0396. The van der Waals surface area contributed by atoms with Crippen molar-refractivity contribution >= 4 is 22.0 Å². The maximum Gasteiger partial charge on any atom is 0.412 e. The third-order valence-electron chi connectivity index (χ3n) is 3.46. The number of carbonyl (C=O) groups excluding carboxylic acids is 1. The zero-order chi connectivity index (χ0) is 11.8. The smallest absolute Gasteiger partial charge is 0.412 e. The number of rotatable bonds is 5. The van der Waals surface area contributed by atoms with Crippen LogP contribution < -0.4 is 0 Å². The van der Waals surface area contributed by atoms with Gasteiger partial charge in [-0.25, -0.2) is 4.79 Å². The molecule has 2 rings (SSSR count). The second-order valence-corrected chi connectivity index (χ2v) is 5.64. The van der Waals surface area contributed by atoms with Crippen molar-refractivity contribution < 1.29 is 14.6 Å². The molecule has 2 saturated heterocycles. The molecule has 0 aromatic heterocycles. The molecule has 92 valence electrons. The van der Waals surface area contributed by atoms with Crippen LogP contribution in [0.5, 0.6) is 0 Å². The summed E-state index contributed by atoms with van der Waals surface area (Å²) in [5, 5.41) is 10.4. The fourth-order valence-electron chi connectivity index (χ4n) is 2.44. The van der Waals surface area contributed by atoms with Crippen LogP contribution in [0.1, 0.15) is 39.0 Å². The predicted molar refractivity (Wildman–Crippen MR) is 63.4 cm³/mol. The van der Waals surface area contributed by atoms with Gasteiger partial charge in [-0.1, -0.05) is 42.1 Å². The molecule has 2 aliphatic heterocycles. The SMILES string of the molecule is CCCCC[C@@H](Br)C1(O)C2CCOC(=O)N21. The average Bonchev–Trinajstić information content (AvgIpc) is 2.88. The van der Waals surface area contributed by atoms with Crippen LogP contribution in [0.4, 0.5) is 4.79 Å². The molecule has 0 aromatic rings. The third kappa shape index (κ3) is 1.84.